The monoisotopic (exact) mass is 596 g/mol. The van der Waals surface area contributed by atoms with E-state index in [2.05, 4.69) is 10.6 Å². The molecule has 0 radical (unpaired) electrons. The minimum atomic E-state index is -1.06. The topological polar surface area (TPSA) is 142 Å². The number of halogens is 2. The van der Waals surface area contributed by atoms with Crippen LogP contribution in [0.25, 0.3) is 0 Å². The Balaban J connectivity index is 1.50. The number of carbonyl (C=O) groups is 4. The number of amides is 3. The second kappa shape index (κ2) is 13.6. The number of fused-ring (bicyclic) bond motifs is 1. The predicted molar refractivity (Wildman–Crippen MR) is 157 cm³/mol. The van der Waals surface area contributed by atoms with Gasteiger partial charge in [0.1, 0.15) is 17.8 Å². The van der Waals surface area contributed by atoms with Crippen LogP contribution in [0, 0.1) is 0 Å². The lowest BCUT2D eigenvalue weighted by Gasteiger charge is -2.36. The lowest BCUT2D eigenvalue weighted by Crippen LogP contribution is -2.56. The van der Waals surface area contributed by atoms with Crippen LogP contribution in [0.15, 0.2) is 66.7 Å². The zero-order valence-corrected chi connectivity index (χ0v) is 23.6. The van der Waals surface area contributed by atoms with Gasteiger partial charge in [0, 0.05) is 37.4 Å². The first-order valence-corrected chi connectivity index (χ1v) is 13.9. The van der Waals surface area contributed by atoms with Crippen molar-refractivity contribution in [1.29, 1.82) is 0 Å². The van der Waals surface area contributed by atoms with Crippen LogP contribution in [0.4, 0.5) is 5.69 Å². The maximum absolute atomic E-state index is 13.6. The Morgan fingerprint density at radius 1 is 0.951 bits per heavy atom. The number of phenols is 1. The smallest absolute Gasteiger partial charge is 0.247 e. The molecule has 3 amide bonds. The molecule has 3 aromatic carbocycles. The van der Waals surface area contributed by atoms with Crippen LogP contribution in [-0.4, -0.2) is 52.1 Å². The van der Waals surface area contributed by atoms with E-state index in [4.69, 9.17) is 28.9 Å². The van der Waals surface area contributed by atoms with Crippen molar-refractivity contribution in [3.63, 3.8) is 0 Å². The second-order valence-electron chi connectivity index (χ2n) is 9.71. The average Bonchev–Trinajstić information content (AvgIpc) is 2.97. The van der Waals surface area contributed by atoms with Crippen molar-refractivity contribution in [2.45, 2.75) is 44.3 Å². The van der Waals surface area contributed by atoms with Crippen molar-refractivity contribution in [3.05, 3.63) is 93.5 Å². The number of hydrogen-bond donors (Lipinski definition) is 4. The van der Waals surface area contributed by atoms with Crippen LogP contribution in [0.5, 0.6) is 5.75 Å². The Kier molecular flexibility index (Phi) is 9.99. The van der Waals surface area contributed by atoms with Gasteiger partial charge >= 0.3 is 0 Å². The number of carbonyl (C=O) groups excluding carboxylic acids is 4. The molecule has 4 rings (SSSR count). The van der Waals surface area contributed by atoms with Crippen molar-refractivity contribution >= 4 is 52.4 Å². The van der Waals surface area contributed by atoms with Gasteiger partial charge in [0.15, 0.2) is 5.78 Å². The van der Waals surface area contributed by atoms with E-state index in [-0.39, 0.29) is 71.9 Å². The molecule has 0 aliphatic carbocycles. The maximum atomic E-state index is 13.6. The van der Waals surface area contributed by atoms with E-state index in [1.807, 2.05) is 30.3 Å². The SMILES string of the molecule is NCC[C@H](NC(=O)[C@@H]1Cc2ccccc2CN1C(=O)CCC(=O)c1ccccc1)C(=O)Nc1cc(Cl)c(Cl)cc1O. The number of ketones is 1. The molecule has 0 unspecified atom stereocenters. The molecule has 0 aromatic heterocycles. The van der Waals surface area contributed by atoms with Crippen LogP contribution in [0.1, 0.15) is 40.7 Å². The van der Waals surface area contributed by atoms with Gasteiger partial charge in [0.2, 0.25) is 17.7 Å². The first-order valence-electron chi connectivity index (χ1n) is 13.1. The van der Waals surface area contributed by atoms with E-state index in [0.717, 1.165) is 11.1 Å². The highest BCUT2D eigenvalue weighted by Gasteiger charge is 2.36. The fourth-order valence-corrected chi connectivity index (χ4v) is 5.03. The third-order valence-electron chi connectivity index (χ3n) is 6.92. The maximum Gasteiger partial charge on any atom is 0.247 e. The number of aromatic hydroxyl groups is 1. The highest BCUT2D eigenvalue weighted by atomic mass is 35.5. The number of nitrogens with zero attached hydrogens (tertiary/aromatic N) is 1. The molecule has 2 atom stereocenters. The Hall–Kier alpha value is -3.92. The van der Waals surface area contributed by atoms with Crippen molar-refractivity contribution in [2.75, 3.05) is 11.9 Å². The van der Waals surface area contributed by atoms with E-state index in [0.29, 0.717) is 5.56 Å². The number of hydrogen-bond acceptors (Lipinski definition) is 6. The zero-order chi connectivity index (χ0) is 29.5. The third-order valence-corrected chi connectivity index (χ3v) is 7.64. The summed E-state index contributed by atoms with van der Waals surface area (Å²) in [6.45, 7) is 0.279. The van der Waals surface area contributed by atoms with Gasteiger partial charge in [0.05, 0.1) is 15.7 Å². The van der Waals surface area contributed by atoms with Gasteiger partial charge in [-0.15, -0.1) is 0 Å². The van der Waals surface area contributed by atoms with Gasteiger partial charge in [-0.3, -0.25) is 19.2 Å². The fourth-order valence-electron chi connectivity index (χ4n) is 4.71. The Morgan fingerprint density at radius 3 is 2.32 bits per heavy atom. The first kappa shape index (κ1) is 30.0. The van der Waals surface area contributed by atoms with Crippen LogP contribution >= 0.6 is 23.2 Å². The fraction of sp³-hybridized carbons (Fsp3) is 0.267. The van der Waals surface area contributed by atoms with Crippen LogP contribution in [-0.2, 0) is 27.3 Å². The summed E-state index contributed by atoms with van der Waals surface area (Å²) in [6, 6.07) is 16.8. The van der Waals surface area contributed by atoms with Gasteiger partial charge in [-0.2, -0.15) is 0 Å². The Labute approximate surface area is 247 Å². The summed E-state index contributed by atoms with van der Waals surface area (Å²) in [4.78, 5) is 54.2. The van der Waals surface area contributed by atoms with E-state index < -0.39 is 23.9 Å². The molecule has 41 heavy (non-hydrogen) atoms. The summed E-state index contributed by atoms with van der Waals surface area (Å²) in [6.07, 6.45) is 0.275. The van der Waals surface area contributed by atoms with Gasteiger partial charge in [-0.1, -0.05) is 77.8 Å². The standard InChI is InChI=1S/C30H30Cl2N4O5/c31-21-15-24(27(38)16-22(21)32)35-29(40)23(12-13-33)34-30(41)25-14-19-8-4-5-9-20(19)17-36(25)28(39)11-10-26(37)18-6-2-1-3-7-18/h1-9,15-16,23,25,38H,10-14,17,33H2,(H,34,41)(H,35,40)/t23-,25-/m0/s1. The Bertz CT molecular complexity index is 1450. The molecule has 0 fully saturated rings. The molecule has 5 N–H and O–H groups in total. The van der Waals surface area contributed by atoms with Crippen molar-refractivity contribution in [3.8, 4) is 5.75 Å². The molecule has 0 spiro atoms. The summed E-state index contributed by atoms with van der Waals surface area (Å²) >= 11 is 11.9. The van der Waals surface area contributed by atoms with E-state index in [1.165, 1.54) is 17.0 Å². The number of benzene rings is 3. The molecule has 9 nitrogen and oxygen atoms in total. The molecule has 1 aliphatic heterocycles. The molecule has 0 saturated heterocycles. The number of anilines is 1. The molecule has 0 bridgehead atoms. The van der Waals surface area contributed by atoms with Crippen molar-refractivity contribution < 1.29 is 24.3 Å². The number of phenolic OH excluding ortho intramolecular Hbond substituents is 1. The van der Waals surface area contributed by atoms with E-state index >= 15 is 0 Å². The Morgan fingerprint density at radius 2 is 1.61 bits per heavy atom. The molecule has 3 aromatic rings. The summed E-state index contributed by atoms with van der Waals surface area (Å²) in [5, 5.41) is 15.7. The molecule has 214 valence electrons. The molecular weight excluding hydrogens is 567 g/mol. The molecule has 1 aliphatic rings. The second-order valence-corrected chi connectivity index (χ2v) is 10.5. The first-order chi connectivity index (χ1) is 19.7. The quantitative estimate of drug-likeness (QED) is 0.205. The summed E-state index contributed by atoms with van der Waals surface area (Å²) in [5.41, 5.74) is 8.09. The van der Waals surface area contributed by atoms with Crippen LogP contribution < -0.4 is 16.4 Å². The molecule has 0 saturated carbocycles. The van der Waals surface area contributed by atoms with Crippen LogP contribution in [0.3, 0.4) is 0 Å². The van der Waals surface area contributed by atoms with E-state index in [1.54, 1.807) is 24.3 Å². The van der Waals surface area contributed by atoms with Crippen molar-refractivity contribution in [1.82, 2.24) is 10.2 Å². The lowest BCUT2D eigenvalue weighted by atomic mass is 9.92. The van der Waals surface area contributed by atoms with Crippen LogP contribution in [0.2, 0.25) is 10.0 Å². The number of nitrogens with one attached hydrogen (secondary N) is 2. The normalized spacial score (nSPS) is 15.0. The highest BCUT2D eigenvalue weighted by Crippen LogP contribution is 2.33. The van der Waals surface area contributed by atoms with Gasteiger partial charge in [-0.25, -0.2) is 0 Å². The van der Waals surface area contributed by atoms with E-state index in [9.17, 15) is 24.3 Å². The van der Waals surface area contributed by atoms with Crippen molar-refractivity contribution in [2.24, 2.45) is 5.73 Å². The average molecular weight is 597 g/mol. The van der Waals surface area contributed by atoms with Gasteiger partial charge < -0.3 is 26.4 Å². The highest BCUT2D eigenvalue weighted by molar-refractivity contribution is 6.42. The summed E-state index contributed by atoms with van der Waals surface area (Å²) < 4.78 is 0. The molecular formula is C30H30Cl2N4O5. The van der Waals surface area contributed by atoms with Gasteiger partial charge in [-0.05, 0) is 30.2 Å². The summed E-state index contributed by atoms with van der Waals surface area (Å²) in [5.74, 6) is -1.96. The third kappa shape index (κ3) is 7.43. The summed E-state index contributed by atoms with van der Waals surface area (Å²) in [7, 11) is 0. The predicted octanol–water partition coefficient (Wildman–Crippen LogP) is 4.09. The minimum Gasteiger partial charge on any atom is -0.506 e. The van der Waals surface area contributed by atoms with Gasteiger partial charge in [0.25, 0.3) is 0 Å². The number of Topliss-reactive ketones (excluding diaryl/α,β-unsaturated/α-hetero) is 1. The largest absolute Gasteiger partial charge is 0.506 e. The lowest BCUT2D eigenvalue weighted by molar-refractivity contribution is -0.142. The molecule has 1 heterocycles. The number of nitrogens with two attached hydrogens (primary N) is 1. The molecule has 11 heteroatoms. The minimum absolute atomic E-state index is 0.000676. The number of rotatable bonds is 10. The zero-order valence-electron chi connectivity index (χ0n) is 22.1.